The van der Waals surface area contributed by atoms with Gasteiger partial charge in [-0.25, -0.2) is 13.1 Å². The van der Waals surface area contributed by atoms with Crippen LogP contribution in [0.2, 0.25) is 0 Å². The third-order valence-corrected chi connectivity index (χ3v) is 4.52. The maximum Gasteiger partial charge on any atom is 0.240 e. The molecule has 0 heterocycles. The summed E-state index contributed by atoms with van der Waals surface area (Å²) in [4.78, 5) is 2.32. The molecule has 0 radical (unpaired) electrons. The highest BCUT2D eigenvalue weighted by atomic mass is 32.2. The first-order chi connectivity index (χ1) is 9.57. The molecule has 0 spiro atoms. The minimum absolute atomic E-state index is 0.0355. The van der Waals surface area contributed by atoms with E-state index in [1.165, 1.54) is 13.1 Å². The van der Waals surface area contributed by atoms with Crippen LogP contribution in [0.15, 0.2) is 23.1 Å². The highest BCUT2D eigenvalue weighted by molar-refractivity contribution is 7.89. The lowest BCUT2D eigenvalue weighted by Crippen LogP contribution is -2.34. The van der Waals surface area contributed by atoms with Gasteiger partial charge in [0.1, 0.15) is 0 Å². The molecule has 7 heteroatoms. The number of nitrogens with one attached hydrogen (secondary N) is 2. The predicted molar refractivity (Wildman–Crippen MR) is 87.9 cm³/mol. The molecule has 0 aromatic heterocycles. The van der Waals surface area contributed by atoms with E-state index in [9.17, 15) is 8.42 Å². The van der Waals surface area contributed by atoms with Crippen molar-refractivity contribution < 1.29 is 8.42 Å². The molecule has 0 bridgehead atoms. The Morgan fingerprint density at radius 2 is 1.90 bits per heavy atom. The fourth-order valence-corrected chi connectivity index (χ4v) is 2.98. The summed E-state index contributed by atoms with van der Waals surface area (Å²) < 4.78 is 25.9. The SMILES string of the molecule is CNS(=O)(=O)c1ccc(N)c(NCC(C)(C)CN(C)C)c1. The Morgan fingerprint density at radius 1 is 1.29 bits per heavy atom. The van der Waals surface area contributed by atoms with Crippen molar-refractivity contribution in [1.29, 1.82) is 0 Å². The van der Waals surface area contributed by atoms with Gasteiger partial charge in [-0.2, -0.15) is 0 Å². The van der Waals surface area contributed by atoms with E-state index in [1.807, 2.05) is 14.1 Å². The Morgan fingerprint density at radius 3 is 2.43 bits per heavy atom. The molecule has 0 amide bonds. The van der Waals surface area contributed by atoms with E-state index in [4.69, 9.17) is 5.73 Å². The van der Waals surface area contributed by atoms with Gasteiger partial charge in [-0.1, -0.05) is 13.8 Å². The summed E-state index contributed by atoms with van der Waals surface area (Å²) >= 11 is 0. The number of nitrogens with two attached hydrogens (primary N) is 1. The van der Waals surface area contributed by atoms with E-state index >= 15 is 0 Å². The van der Waals surface area contributed by atoms with Crippen LogP contribution in [0, 0.1) is 5.41 Å². The standard InChI is InChI=1S/C14H26N4O2S/c1-14(2,10-18(4)5)9-17-13-8-11(6-7-12(13)15)21(19,20)16-3/h6-8,16-17H,9-10,15H2,1-5H3. The molecule has 1 aromatic carbocycles. The van der Waals surface area contributed by atoms with E-state index in [0.717, 1.165) is 6.54 Å². The number of benzene rings is 1. The predicted octanol–water partition coefficient (Wildman–Crippen LogP) is 1.18. The van der Waals surface area contributed by atoms with Gasteiger partial charge in [-0.15, -0.1) is 0 Å². The summed E-state index contributed by atoms with van der Waals surface area (Å²) in [7, 11) is 1.97. The lowest BCUT2D eigenvalue weighted by Gasteiger charge is -2.29. The largest absolute Gasteiger partial charge is 0.397 e. The van der Waals surface area contributed by atoms with Crippen LogP contribution in [0.3, 0.4) is 0 Å². The molecule has 0 atom stereocenters. The quantitative estimate of drug-likeness (QED) is 0.658. The van der Waals surface area contributed by atoms with Crippen LogP contribution in [0.1, 0.15) is 13.8 Å². The van der Waals surface area contributed by atoms with Gasteiger partial charge in [0.25, 0.3) is 0 Å². The summed E-state index contributed by atoms with van der Waals surface area (Å²) in [6.45, 7) is 5.89. The Kier molecular flexibility index (Phi) is 5.61. The normalized spacial score (nSPS) is 12.7. The number of anilines is 2. The molecule has 0 fully saturated rings. The molecule has 0 unspecified atom stereocenters. The van der Waals surface area contributed by atoms with Crippen molar-refractivity contribution in [1.82, 2.24) is 9.62 Å². The van der Waals surface area contributed by atoms with Crippen molar-refractivity contribution in [3.05, 3.63) is 18.2 Å². The highest BCUT2D eigenvalue weighted by Gasteiger charge is 2.20. The van der Waals surface area contributed by atoms with Gasteiger partial charge in [0.15, 0.2) is 0 Å². The van der Waals surface area contributed by atoms with Gasteiger partial charge < -0.3 is 16.0 Å². The fourth-order valence-electron chi connectivity index (χ4n) is 2.22. The Hall–Kier alpha value is -1.31. The van der Waals surface area contributed by atoms with E-state index in [0.29, 0.717) is 17.9 Å². The van der Waals surface area contributed by atoms with E-state index in [-0.39, 0.29) is 10.3 Å². The Bertz CT molecular complexity index is 583. The van der Waals surface area contributed by atoms with E-state index in [1.54, 1.807) is 12.1 Å². The first-order valence-electron chi connectivity index (χ1n) is 6.79. The molecule has 120 valence electrons. The third-order valence-electron chi connectivity index (χ3n) is 3.11. The molecule has 0 aliphatic carbocycles. The Balaban J connectivity index is 2.92. The molecule has 21 heavy (non-hydrogen) atoms. The zero-order valence-electron chi connectivity index (χ0n) is 13.4. The molecule has 1 aromatic rings. The number of hydrogen-bond donors (Lipinski definition) is 3. The van der Waals surface area contributed by atoms with Crippen LogP contribution < -0.4 is 15.8 Å². The molecule has 0 saturated carbocycles. The van der Waals surface area contributed by atoms with Crippen molar-refractivity contribution in [2.45, 2.75) is 18.7 Å². The minimum Gasteiger partial charge on any atom is -0.397 e. The summed E-state index contributed by atoms with van der Waals surface area (Å²) in [5.74, 6) is 0. The van der Waals surface area contributed by atoms with Gasteiger partial charge in [-0.05, 0) is 44.8 Å². The molecule has 0 aliphatic rings. The van der Waals surface area contributed by atoms with Gasteiger partial charge in [0, 0.05) is 13.1 Å². The lowest BCUT2D eigenvalue weighted by atomic mass is 9.93. The maximum absolute atomic E-state index is 11.8. The number of hydrogen-bond acceptors (Lipinski definition) is 5. The van der Waals surface area contributed by atoms with Crippen LogP contribution in [0.5, 0.6) is 0 Å². The zero-order valence-corrected chi connectivity index (χ0v) is 14.2. The van der Waals surface area contributed by atoms with Crippen molar-refractivity contribution in [2.24, 2.45) is 5.41 Å². The molecule has 6 nitrogen and oxygen atoms in total. The molecule has 0 saturated heterocycles. The third kappa shape index (κ3) is 5.18. The zero-order chi connectivity index (χ0) is 16.3. The molecular weight excluding hydrogens is 288 g/mol. The number of nitrogens with zero attached hydrogens (tertiary/aromatic N) is 1. The molecule has 0 aliphatic heterocycles. The second-order valence-corrected chi connectivity index (χ2v) is 8.10. The Labute approximate surface area is 127 Å². The first kappa shape index (κ1) is 17.7. The van der Waals surface area contributed by atoms with Gasteiger partial charge >= 0.3 is 0 Å². The van der Waals surface area contributed by atoms with Crippen LogP contribution >= 0.6 is 0 Å². The van der Waals surface area contributed by atoms with Gasteiger partial charge in [0.2, 0.25) is 10.0 Å². The summed E-state index contributed by atoms with van der Waals surface area (Å²) in [5.41, 5.74) is 7.12. The number of sulfonamides is 1. The van der Waals surface area contributed by atoms with E-state index in [2.05, 4.69) is 28.8 Å². The highest BCUT2D eigenvalue weighted by Crippen LogP contribution is 2.25. The molecule has 1 rings (SSSR count). The maximum atomic E-state index is 11.8. The average Bonchev–Trinajstić information content (AvgIpc) is 2.36. The summed E-state index contributed by atoms with van der Waals surface area (Å²) in [6, 6.07) is 4.66. The number of rotatable bonds is 7. The summed E-state index contributed by atoms with van der Waals surface area (Å²) in [6.07, 6.45) is 0. The topological polar surface area (TPSA) is 87.5 Å². The van der Waals surface area contributed by atoms with Crippen molar-refractivity contribution in [3.63, 3.8) is 0 Å². The average molecular weight is 314 g/mol. The lowest BCUT2D eigenvalue weighted by molar-refractivity contribution is 0.254. The summed E-state index contributed by atoms with van der Waals surface area (Å²) in [5, 5.41) is 3.25. The minimum atomic E-state index is -3.46. The second-order valence-electron chi connectivity index (χ2n) is 6.21. The van der Waals surface area contributed by atoms with Crippen molar-refractivity contribution in [2.75, 3.05) is 45.3 Å². The number of nitrogen functional groups attached to an aromatic ring is 1. The first-order valence-corrected chi connectivity index (χ1v) is 8.27. The van der Waals surface area contributed by atoms with Crippen molar-refractivity contribution in [3.8, 4) is 0 Å². The van der Waals surface area contributed by atoms with Gasteiger partial charge in [-0.3, -0.25) is 0 Å². The molecular formula is C14H26N4O2S. The van der Waals surface area contributed by atoms with Crippen LogP contribution in [-0.4, -0.2) is 47.6 Å². The van der Waals surface area contributed by atoms with Crippen LogP contribution in [0.25, 0.3) is 0 Å². The second kappa shape index (κ2) is 6.64. The van der Waals surface area contributed by atoms with E-state index < -0.39 is 10.0 Å². The monoisotopic (exact) mass is 314 g/mol. The molecule has 4 N–H and O–H groups in total. The van der Waals surface area contributed by atoms with Crippen LogP contribution in [0.4, 0.5) is 11.4 Å². The fraction of sp³-hybridized carbons (Fsp3) is 0.571. The van der Waals surface area contributed by atoms with Crippen LogP contribution in [-0.2, 0) is 10.0 Å². The van der Waals surface area contributed by atoms with Crippen molar-refractivity contribution >= 4 is 21.4 Å². The smallest absolute Gasteiger partial charge is 0.240 e. The van der Waals surface area contributed by atoms with Gasteiger partial charge in [0.05, 0.1) is 16.3 Å².